The van der Waals surface area contributed by atoms with Crippen LogP contribution in [0.3, 0.4) is 0 Å². The summed E-state index contributed by atoms with van der Waals surface area (Å²) in [5.41, 5.74) is 1.58. The molecule has 0 radical (unpaired) electrons. The molecule has 0 amide bonds. The van der Waals surface area contributed by atoms with Gasteiger partial charge < -0.3 is 14.7 Å². The van der Waals surface area contributed by atoms with Crippen molar-refractivity contribution in [2.45, 2.75) is 31.8 Å². The average Bonchev–Trinajstić information content (AvgIpc) is 2.62. The molecule has 0 saturated carbocycles. The smallest absolute Gasteiger partial charge is 0.119 e. The number of halogens is 1. The Morgan fingerprint density at radius 2 is 1.72 bits per heavy atom. The first-order chi connectivity index (χ1) is 12.0. The lowest BCUT2D eigenvalue weighted by Gasteiger charge is -2.33. The Balaban J connectivity index is 1.57. The van der Waals surface area contributed by atoms with Gasteiger partial charge in [0, 0.05) is 10.1 Å². The average molecular weight is 451 g/mol. The molecule has 0 aromatic heterocycles. The van der Waals surface area contributed by atoms with Crippen LogP contribution in [0.5, 0.6) is 5.75 Å². The van der Waals surface area contributed by atoms with E-state index in [2.05, 4.69) is 57.8 Å². The second-order valence-corrected chi connectivity index (χ2v) is 8.29. The Morgan fingerprint density at radius 1 is 1.04 bits per heavy atom. The van der Waals surface area contributed by atoms with E-state index >= 15 is 0 Å². The van der Waals surface area contributed by atoms with E-state index in [-0.39, 0.29) is 0 Å². The fourth-order valence-electron chi connectivity index (χ4n) is 3.31. The highest BCUT2D eigenvalue weighted by molar-refractivity contribution is 14.1. The van der Waals surface area contributed by atoms with E-state index in [0.717, 1.165) is 18.8 Å². The van der Waals surface area contributed by atoms with Gasteiger partial charge in [-0.1, -0.05) is 36.8 Å². The quantitative estimate of drug-likeness (QED) is 0.654. The van der Waals surface area contributed by atoms with Crippen molar-refractivity contribution in [1.29, 1.82) is 0 Å². The first-order valence-electron chi connectivity index (χ1n) is 8.96. The molecular weight excluding hydrogens is 425 g/mol. The molecule has 1 atom stereocenters. The third-order valence-electron chi connectivity index (χ3n) is 4.60. The number of piperidine rings is 1. The Hall–Kier alpha value is -1.11. The molecule has 1 heterocycles. The molecule has 1 unspecified atom stereocenters. The summed E-state index contributed by atoms with van der Waals surface area (Å²) < 4.78 is 7.09. The highest BCUT2D eigenvalue weighted by Gasteiger charge is 2.26. The molecule has 3 rings (SSSR count). The van der Waals surface area contributed by atoms with Crippen molar-refractivity contribution in [3.63, 3.8) is 0 Å². The zero-order chi connectivity index (χ0) is 17.7. The van der Waals surface area contributed by atoms with E-state index in [4.69, 9.17) is 4.74 Å². The molecule has 2 aromatic rings. The van der Waals surface area contributed by atoms with Gasteiger partial charge in [-0.15, -0.1) is 0 Å². The number of likely N-dealkylation sites (tertiary alicyclic amines) is 1. The highest BCUT2D eigenvalue weighted by atomic mass is 127. The van der Waals surface area contributed by atoms with E-state index in [1.54, 1.807) is 0 Å². The minimum atomic E-state index is -0.829. The lowest BCUT2D eigenvalue weighted by atomic mass is 10.0. The fourth-order valence-corrected chi connectivity index (χ4v) is 4.01. The molecule has 0 aliphatic carbocycles. The summed E-state index contributed by atoms with van der Waals surface area (Å²) in [6.07, 6.45) is 3.77. The van der Waals surface area contributed by atoms with Gasteiger partial charge in [0.1, 0.15) is 18.0 Å². The van der Waals surface area contributed by atoms with Crippen molar-refractivity contribution >= 4 is 22.6 Å². The Kier molecular flexibility index (Phi) is 6.36. The molecule has 1 saturated heterocycles. The van der Waals surface area contributed by atoms with Crippen LogP contribution >= 0.6 is 22.6 Å². The van der Waals surface area contributed by atoms with Crippen LogP contribution < -0.4 is 4.74 Å². The molecule has 0 spiro atoms. The summed E-state index contributed by atoms with van der Waals surface area (Å²) in [7, 11) is 0. The second kappa shape index (κ2) is 8.52. The molecule has 1 fully saturated rings. The van der Waals surface area contributed by atoms with Crippen LogP contribution in [-0.2, 0) is 0 Å². The van der Waals surface area contributed by atoms with Crippen LogP contribution in [0.15, 0.2) is 48.5 Å². The summed E-state index contributed by atoms with van der Waals surface area (Å²) in [6.45, 7) is 5.02. The molecule has 1 N–H and O–H groups in total. The van der Waals surface area contributed by atoms with Crippen molar-refractivity contribution < 1.29 is 9.84 Å². The number of hydrogen-bond donors (Lipinski definition) is 1. The van der Waals surface area contributed by atoms with E-state index in [0.29, 0.717) is 13.2 Å². The van der Waals surface area contributed by atoms with Gasteiger partial charge in [-0.2, -0.15) is 0 Å². The number of hydrogen-bond acceptors (Lipinski definition) is 3. The van der Waals surface area contributed by atoms with Gasteiger partial charge in [-0.05, 0) is 84.8 Å². The molecule has 25 heavy (non-hydrogen) atoms. The molecule has 1 aliphatic rings. The van der Waals surface area contributed by atoms with Crippen LogP contribution in [0, 0.1) is 3.57 Å². The Labute approximate surface area is 164 Å². The summed E-state index contributed by atoms with van der Waals surface area (Å²) in [6, 6.07) is 16.5. The van der Waals surface area contributed by atoms with E-state index in [1.165, 1.54) is 34.0 Å². The molecule has 3 nitrogen and oxygen atoms in total. The molecule has 134 valence electrons. The van der Waals surface area contributed by atoms with Crippen molar-refractivity contribution in [3.05, 3.63) is 52.1 Å². The fraction of sp³-hybridized carbons (Fsp3) is 0.429. The van der Waals surface area contributed by atoms with Gasteiger partial charge >= 0.3 is 0 Å². The predicted octanol–water partition coefficient (Wildman–Crippen LogP) is 4.57. The Morgan fingerprint density at radius 3 is 2.40 bits per heavy atom. The third-order valence-corrected chi connectivity index (χ3v) is 5.54. The van der Waals surface area contributed by atoms with Crippen LogP contribution in [0.2, 0.25) is 0 Å². The highest BCUT2D eigenvalue weighted by Crippen LogP contribution is 2.27. The normalized spacial score (nSPS) is 17.9. The first kappa shape index (κ1) is 18.7. The third kappa shape index (κ3) is 5.43. The number of aliphatic hydroxyl groups is 1. The van der Waals surface area contributed by atoms with Crippen LogP contribution in [0.4, 0.5) is 0 Å². The zero-order valence-electron chi connectivity index (χ0n) is 14.7. The van der Waals surface area contributed by atoms with Crippen molar-refractivity contribution in [3.8, 4) is 16.9 Å². The maximum absolute atomic E-state index is 10.6. The van der Waals surface area contributed by atoms with Crippen molar-refractivity contribution in [2.75, 3.05) is 26.2 Å². The molecule has 2 aromatic carbocycles. The minimum Gasteiger partial charge on any atom is -0.491 e. The topological polar surface area (TPSA) is 32.7 Å². The second-order valence-electron chi connectivity index (χ2n) is 7.13. The van der Waals surface area contributed by atoms with E-state index in [1.807, 2.05) is 25.1 Å². The number of rotatable bonds is 6. The Bertz CT molecular complexity index is 679. The summed E-state index contributed by atoms with van der Waals surface area (Å²) in [5, 5.41) is 10.6. The maximum atomic E-state index is 10.6. The predicted molar refractivity (Wildman–Crippen MR) is 111 cm³/mol. The van der Waals surface area contributed by atoms with Gasteiger partial charge in [0.15, 0.2) is 0 Å². The maximum Gasteiger partial charge on any atom is 0.119 e. The van der Waals surface area contributed by atoms with Crippen LogP contribution in [-0.4, -0.2) is 41.8 Å². The molecular formula is C21H26INO2. The summed E-state index contributed by atoms with van der Waals surface area (Å²) in [5.74, 6) is 0.800. The van der Waals surface area contributed by atoms with Gasteiger partial charge in [0.05, 0.1) is 0 Å². The standard InChI is InChI=1S/C21H26INO2/c1-21(24,15-23-13-5-2-6-14-23)16-25-18-11-9-17(10-12-18)19-7-3-4-8-20(19)22/h3-4,7-12,24H,2,5-6,13-16H2,1H3. The monoisotopic (exact) mass is 451 g/mol. The van der Waals surface area contributed by atoms with Crippen LogP contribution in [0.1, 0.15) is 26.2 Å². The first-order valence-corrected chi connectivity index (χ1v) is 10.0. The molecule has 1 aliphatic heterocycles. The minimum absolute atomic E-state index is 0.311. The van der Waals surface area contributed by atoms with Crippen molar-refractivity contribution in [2.24, 2.45) is 0 Å². The van der Waals surface area contributed by atoms with Gasteiger partial charge in [-0.25, -0.2) is 0 Å². The summed E-state index contributed by atoms with van der Waals surface area (Å²) >= 11 is 2.36. The van der Waals surface area contributed by atoms with Gasteiger partial charge in [0.25, 0.3) is 0 Å². The van der Waals surface area contributed by atoms with E-state index < -0.39 is 5.60 Å². The molecule has 4 heteroatoms. The largest absolute Gasteiger partial charge is 0.491 e. The lowest BCUT2D eigenvalue weighted by molar-refractivity contribution is -0.0210. The number of nitrogens with zero attached hydrogens (tertiary/aromatic N) is 1. The number of β-amino-alcohol motifs (C(OH)–C–C–N with tert-alkyl or cyclic N) is 1. The molecule has 0 bridgehead atoms. The van der Waals surface area contributed by atoms with Gasteiger partial charge in [-0.3, -0.25) is 0 Å². The van der Waals surface area contributed by atoms with Crippen LogP contribution in [0.25, 0.3) is 11.1 Å². The van der Waals surface area contributed by atoms with Crippen molar-refractivity contribution in [1.82, 2.24) is 4.90 Å². The van der Waals surface area contributed by atoms with Gasteiger partial charge in [0.2, 0.25) is 0 Å². The number of ether oxygens (including phenoxy) is 1. The summed E-state index contributed by atoms with van der Waals surface area (Å²) in [4.78, 5) is 2.34. The SMILES string of the molecule is CC(O)(COc1ccc(-c2ccccc2I)cc1)CN1CCCCC1. The zero-order valence-corrected chi connectivity index (χ0v) is 16.9. The number of benzene rings is 2. The van der Waals surface area contributed by atoms with E-state index in [9.17, 15) is 5.11 Å². The lowest BCUT2D eigenvalue weighted by Crippen LogP contribution is -2.46.